The fourth-order valence-electron chi connectivity index (χ4n) is 2.41. The predicted molar refractivity (Wildman–Crippen MR) is 103 cm³/mol. The SMILES string of the molecule is CCS(=O)(=O)N(Cc1ccccc1)Cc1nc(-c2ccc(Br)cc2)no1. The van der Waals surface area contributed by atoms with Gasteiger partial charge in [-0.3, -0.25) is 0 Å². The van der Waals surface area contributed by atoms with E-state index in [4.69, 9.17) is 4.52 Å². The molecule has 0 bridgehead atoms. The molecule has 26 heavy (non-hydrogen) atoms. The van der Waals surface area contributed by atoms with Gasteiger partial charge in [-0.25, -0.2) is 8.42 Å². The van der Waals surface area contributed by atoms with Crippen LogP contribution in [-0.4, -0.2) is 28.6 Å². The highest BCUT2D eigenvalue weighted by atomic mass is 79.9. The zero-order chi connectivity index (χ0) is 18.6. The first-order valence-electron chi connectivity index (χ1n) is 8.08. The van der Waals surface area contributed by atoms with Crippen LogP contribution in [0.1, 0.15) is 18.4 Å². The Kier molecular flexibility index (Phi) is 5.85. The first kappa shape index (κ1) is 18.8. The molecular weight excluding hydrogens is 418 g/mol. The Hall–Kier alpha value is -2.03. The minimum Gasteiger partial charge on any atom is -0.338 e. The zero-order valence-electron chi connectivity index (χ0n) is 14.2. The summed E-state index contributed by atoms with van der Waals surface area (Å²) in [7, 11) is -3.42. The number of aromatic nitrogens is 2. The zero-order valence-corrected chi connectivity index (χ0v) is 16.6. The van der Waals surface area contributed by atoms with E-state index in [2.05, 4.69) is 26.1 Å². The molecule has 0 saturated carbocycles. The normalized spacial score (nSPS) is 11.8. The van der Waals surface area contributed by atoms with Gasteiger partial charge >= 0.3 is 0 Å². The summed E-state index contributed by atoms with van der Waals surface area (Å²) in [6.45, 7) is 1.91. The molecule has 2 aromatic carbocycles. The molecule has 0 N–H and O–H groups in total. The number of benzene rings is 2. The summed E-state index contributed by atoms with van der Waals surface area (Å²) in [6.07, 6.45) is 0. The Morgan fingerprint density at radius 1 is 1.04 bits per heavy atom. The molecule has 0 aliphatic rings. The smallest absolute Gasteiger partial charge is 0.242 e. The highest BCUT2D eigenvalue weighted by molar-refractivity contribution is 9.10. The summed E-state index contributed by atoms with van der Waals surface area (Å²) in [5.41, 5.74) is 1.70. The summed E-state index contributed by atoms with van der Waals surface area (Å²) in [5.74, 6) is 0.699. The van der Waals surface area contributed by atoms with Crippen LogP contribution in [0, 0.1) is 0 Å². The van der Waals surface area contributed by atoms with E-state index >= 15 is 0 Å². The van der Waals surface area contributed by atoms with E-state index in [1.54, 1.807) is 6.92 Å². The van der Waals surface area contributed by atoms with Crippen molar-refractivity contribution in [3.05, 3.63) is 70.5 Å². The summed E-state index contributed by atoms with van der Waals surface area (Å²) in [6, 6.07) is 16.9. The number of halogens is 1. The van der Waals surface area contributed by atoms with Crippen molar-refractivity contribution in [1.29, 1.82) is 0 Å². The van der Waals surface area contributed by atoms with Crippen molar-refractivity contribution in [1.82, 2.24) is 14.4 Å². The van der Waals surface area contributed by atoms with Gasteiger partial charge in [0, 0.05) is 16.6 Å². The molecule has 3 rings (SSSR count). The molecule has 0 unspecified atom stereocenters. The molecule has 136 valence electrons. The van der Waals surface area contributed by atoms with Gasteiger partial charge in [-0.1, -0.05) is 51.4 Å². The van der Waals surface area contributed by atoms with E-state index in [0.29, 0.717) is 5.82 Å². The second kappa shape index (κ2) is 8.11. The summed E-state index contributed by atoms with van der Waals surface area (Å²) >= 11 is 3.38. The fraction of sp³-hybridized carbons (Fsp3) is 0.222. The Morgan fingerprint density at radius 2 is 1.73 bits per heavy atom. The molecule has 0 fully saturated rings. The van der Waals surface area contributed by atoms with E-state index in [0.717, 1.165) is 15.6 Å². The van der Waals surface area contributed by atoms with Crippen LogP contribution in [0.5, 0.6) is 0 Å². The standard InChI is InChI=1S/C18H18BrN3O3S/c1-2-26(23,24)22(12-14-6-4-3-5-7-14)13-17-20-18(21-25-17)15-8-10-16(19)11-9-15/h3-11H,2,12-13H2,1H3. The van der Waals surface area contributed by atoms with Crippen molar-refractivity contribution in [2.45, 2.75) is 20.0 Å². The fourth-order valence-corrected chi connectivity index (χ4v) is 3.69. The molecule has 8 heteroatoms. The summed E-state index contributed by atoms with van der Waals surface area (Å²) in [5, 5.41) is 3.96. The third kappa shape index (κ3) is 4.57. The van der Waals surface area contributed by atoms with Crippen molar-refractivity contribution >= 4 is 26.0 Å². The largest absolute Gasteiger partial charge is 0.338 e. The van der Waals surface area contributed by atoms with Gasteiger partial charge in [0.15, 0.2) is 0 Å². The van der Waals surface area contributed by atoms with Crippen LogP contribution in [0.15, 0.2) is 63.6 Å². The maximum absolute atomic E-state index is 12.5. The molecule has 0 aliphatic heterocycles. The van der Waals surface area contributed by atoms with Gasteiger partial charge in [0.05, 0.1) is 12.3 Å². The molecule has 0 radical (unpaired) electrons. The Labute approximate surface area is 161 Å². The molecule has 0 spiro atoms. The van der Waals surface area contributed by atoms with Crippen LogP contribution in [0.4, 0.5) is 0 Å². The van der Waals surface area contributed by atoms with E-state index in [9.17, 15) is 8.42 Å². The number of nitrogens with zero attached hydrogens (tertiary/aromatic N) is 3. The Bertz CT molecular complexity index is 957. The maximum Gasteiger partial charge on any atom is 0.242 e. The van der Waals surface area contributed by atoms with Crippen molar-refractivity contribution in [2.24, 2.45) is 0 Å². The van der Waals surface area contributed by atoms with Crippen LogP contribution < -0.4 is 0 Å². The lowest BCUT2D eigenvalue weighted by molar-refractivity contribution is 0.312. The molecule has 0 saturated heterocycles. The highest BCUT2D eigenvalue weighted by Gasteiger charge is 2.23. The topological polar surface area (TPSA) is 76.3 Å². The molecule has 1 heterocycles. The minimum absolute atomic E-state index is 0.00748. The second-order valence-electron chi connectivity index (χ2n) is 5.67. The van der Waals surface area contributed by atoms with E-state index in [-0.39, 0.29) is 24.7 Å². The molecule has 3 aromatic rings. The van der Waals surface area contributed by atoms with E-state index in [1.165, 1.54) is 4.31 Å². The molecule has 6 nitrogen and oxygen atoms in total. The van der Waals surface area contributed by atoms with Crippen molar-refractivity contribution in [2.75, 3.05) is 5.75 Å². The molecule has 1 aromatic heterocycles. The van der Waals surface area contributed by atoms with Gasteiger partial charge in [-0.2, -0.15) is 9.29 Å². The van der Waals surface area contributed by atoms with Crippen LogP contribution in [-0.2, 0) is 23.1 Å². The second-order valence-corrected chi connectivity index (χ2v) is 8.85. The maximum atomic E-state index is 12.5. The lowest BCUT2D eigenvalue weighted by Gasteiger charge is -2.19. The minimum atomic E-state index is -3.42. The average molecular weight is 436 g/mol. The number of hydrogen-bond acceptors (Lipinski definition) is 5. The molecular formula is C18H18BrN3O3S. The van der Waals surface area contributed by atoms with Gasteiger partial charge in [-0.05, 0) is 36.8 Å². The Morgan fingerprint density at radius 3 is 2.38 bits per heavy atom. The van der Waals surface area contributed by atoms with E-state index < -0.39 is 10.0 Å². The first-order chi connectivity index (χ1) is 12.5. The van der Waals surface area contributed by atoms with Crippen LogP contribution in [0.2, 0.25) is 0 Å². The van der Waals surface area contributed by atoms with E-state index in [1.807, 2.05) is 54.6 Å². The molecule has 0 atom stereocenters. The van der Waals surface area contributed by atoms with Crippen molar-refractivity contribution in [3.8, 4) is 11.4 Å². The number of rotatable bonds is 7. The average Bonchev–Trinajstić information content (AvgIpc) is 3.11. The highest BCUT2D eigenvalue weighted by Crippen LogP contribution is 2.20. The van der Waals surface area contributed by atoms with Gasteiger partial charge in [-0.15, -0.1) is 0 Å². The van der Waals surface area contributed by atoms with Crippen LogP contribution >= 0.6 is 15.9 Å². The quantitative estimate of drug-likeness (QED) is 0.563. The summed E-state index contributed by atoms with van der Waals surface area (Å²) < 4.78 is 32.5. The van der Waals surface area contributed by atoms with Gasteiger partial charge in [0.1, 0.15) is 0 Å². The van der Waals surface area contributed by atoms with Crippen molar-refractivity contribution in [3.63, 3.8) is 0 Å². The Balaban J connectivity index is 1.82. The van der Waals surface area contributed by atoms with Crippen LogP contribution in [0.3, 0.4) is 0 Å². The lowest BCUT2D eigenvalue weighted by Crippen LogP contribution is -2.31. The van der Waals surface area contributed by atoms with Crippen LogP contribution in [0.25, 0.3) is 11.4 Å². The predicted octanol–water partition coefficient (Wildman–Crippen LogP) is 3.85. The van der Waals surface area contributed by atoms with Gasteiger partial charge in [0.25, 0.3) is 0 Å². The third-order valence-electron chi connectivity index (χ3n) is 3.84. The van der Waals surface area contributed by atoms with Gasteiger partial charge < -0.3 is 4.52 Å². The third-order valence-corrected chi connectivity index (χ3v) is 6.15. The molecule has 0 aliphatic carbocycles. The summed E-state index contributed by atoms with van der Waals surface area (Å²) in [4.78, 5) is 4.34. The lowest BCUT2D eigenvalue weighted by atomic mass is 10.2. The number of hydrogen-bond donors (Lipinski definition) is 0. The first-order valence-corrected chi connectivity index (χ1v) is 10.5. The number of sulfonamides is 1. The molecule has 0 amide bonds. The monoisotopic (exact) mass is 435 g/mol. The van der Waals surface area contributed by atoms with Gasteiger partial charge in [0.2, 0.25) is 21.7 Å². The van der Waals surface area contributed by atoms with Crippen molar-refractivity contribution < 1.29 is 12.9 Å².